The molecule has 2 aliphatic rings. The normalized spacial score (nSPS) is 18.2. The number of thioether (sulfide) groups is 1. The van der Waals surface area contributed by atoms with Crippen LogP contribution in [0, 0.1) is 0 Å². The van der Waals surface area contributed by atoms with Crippen molar-refractivity contribution in [2.75, 3.05) is 43.5 Å². The first-order valence-electron chi connectivity index (χ1n) is 10.7. The fraction of sp³-hybridized carbons (Fsp3) is 0.280. The molecule has 0 aliphatic carbocycles. The van der Waals surface area contributed by atoms with Gasteiger partial charge in [0, 0.05) is 18.0 Å². The minimum Gasteiger partial charge on any atom is -0.476 e. The lowest BCUT2D eigenvalue weighted by atomic mass is 10.1. The molecule has 0 bridgehead atoms. The standard InChI is InChI=1S/C25H24N2O4S/c28-24(17-32-20-10-9-18-5-1-2-6-19(18)15-20)27-16-23(25(29)26-11-13-30-14-12-26)31-22-8-4-3-7-21(22)27/h1-10,15,23H,11-14,16-17H2/t23-/m1/s1. The lowest BCUT2D eigenvalue weighted by Crippen LogP contribution is -2.54. The van der Waals surface area contributed by atoms with Gasteiger partial charge < -0.3 is 19.3 Å². The highest BCUT2D eigenvalue weighted by atomic mass is 32.2. The molecule has 0 aromatic heterocycles. The van der Waals surface area contributed by atoms with Crippen molar-refractivity contribution >= 4 is 40.0 Å². The third kappa shape index (κ3) is 4.31. The van der Waals surface area contributed by atoms with E-state index in [4.69, 9.17) is 9.47 Å². The smallest absolute Gasteiger partial charge is 0.265 e. The number of hydrogen-bond donors (Lipinski definition) is 0. The van der Waals surface area contributed by atoms with Crippen LogP contribution in [0.5, 0.6) is 5.75 Å². The number of morpholine rings is 1. The number of carbonyl (C=O) groups is 2. The molecule has 1 saturated heterocycles. The van der Waals surface area contributed by atoms with Crippen molar-refractivity contribution in [2.24, 2.45) is 0 Å². The SMILES string of the molecule is O=C([C@H]1CN(C(=O)CSc2ccc3ccccc3c2)c2ccccc2O1)N1CCOCC1. The molecular weight excluding hydrogens is 424 g/mol. The number of para-hydroxylation sites is 2. The first kappa shape index (κ1) is 20.8. The molecule has 7 heteroatoms. The molecule has 6 nitrogen and oxygen atoms in total. The predicted octanol–water partition coefficient (Wildman–Crippen LogP) is 3.58. The second kappa shape index (κ2) is 9.22. The van der Waals surface area contributed by atoms with Gasteiger partial charge in [-0.1, -0.05) is 42.5 Å². The first-order valence-corrected chi connectivity index (χ1v) is 11.7. The summed E-state index contributed by atoms with van der Waals surface area (Å²) in [7, 11) is 0. The van der Waals surface area contributed by atoms with Crippen LogP contribution in [0.2, 0.25) is 0 Å². The maximum atomic E-state index is 13.2. The third-order valence-corrected chi connectivity index (χ3v) is 6.73. The van der Waals surface area contributed by atoms with E-state index in [-0.39, 0.29) is 24.1 Å². The zero-order valence-corrected chi connectivity index (χ0v) is 18.4. The molecule has 0 N–H and O–H groups in total. The maximum Gasteiger partial charge on any atom is 0.265 e. The Hall–Kier alpha value is -3.03. The van der Waals surface area contributed by atoms with Gasteiger partial charge in [0.05, 0.1) is 31.2 Å². The first-order chi connectivity index (χ1) is 15.7. The van der Waals surface area contributed by atoms with Gasteiger partial charge in [-0.05, 0) is 35.0 Å². The van der Waals surface area contributed by atoms with Crippen LogP contribution in [-0.2, 0) is 14.3 Å². The average Bonchev–Trinajstić information content (AvgIpc) is 2.86. The van der Waals surface area contributed by atoms with Crippen LogP contribution in [-0.4, -0.2) is 61.4 Å². The van der Waals surface area contributed by atoms with Gasteiger partial charge in [0.25, 0.3) is 5.91 Å². The Morgan fingerprint density at radius 3 is 2.53 bits per heavy atom. The lowest BCUT2D eigenvalue weighted by molar-refractivity contribution is -0.142. The summed E-state index contributed by atoms with van der Waals surface area (Å²) in [5.74, 6) is 0.710. The van der Waals surface area contributed by atoms with Gasteiger partial charge >= 0.3 is 0 Å². The largest absolute Gasteiger partial charge is 0.476 e. The molecule has 0 saturated carbocycles. The number of anilines is 1. The van der Waals surface area contributed by atoms with E-state index in [0.717, 1.165) is 10.3 Å². The van der Waals surface area contributed by atoms with Gasteiger partial charge in [0.1, 0.15) is 5.75 Å². The van der Waals surface area contributed by atoms with Crippen LogP contribution in [0.1, 0.15) is 0 Å². The molecule has 32 heavy (non-hydrogen) atoms. The Balaban J connectivity index is 1.32. The van der Waals surface area contributed by atoms with Gasteiger partial charge in [-0.15, -0.1) is 11.8 Å². The summed E-state index contributed by atoms with van der Waals surface area (Å²) in [5, 5.41) is 2.33. The molecule has 3 aromatic rings. The predicted molar refractivity (Wildman–Crippen MR) is 125 cm³/mol. The minimum absolute atomic E-state index is 0.0429. The van der Waals surface area contributed by atoms with Crippen molar-refractivity contribution < 1.29 is 19.1 Å². The molecule has 164 valence electrons. The van der Waals surface area contributed by atoms with Crippen molar-refractivity contribution in [1.82, 2.24) is 4.90 Å². The summed E-state index contributed by atoms with van der Waals surface area (Å²) in [4.78, 5) is 30.8. The summed E-state index contributed by atoms with van der Waals surface area (Å²) in [6.45, 7) is 2.36. The van der Waals surface area contributed by atoms with E-state index in [1.54, 1.807) is 9.80 Å². The topological polar surface area (TPSA) is 59.1 Å². The van der Waals surface area contributed by atoms with Gasteiger partial charge in [-0.3, -0.25) is 9.59 Å². The molecule has 2 amide bonds. The van der Waals surface area contributed by atoms with Crippen molar-refractivity contribution in [1.29, 1.82) is 0 Å². The quantitative estimate of drug-likeness (QED) is 0.571. The maximum absolute atomic E-state index is 13.2. The van der Waals surface area contributed by atoms with E-state index in [0.29, 0.717) is 37.7 Å². The van der Waals surface area contributed by atoms with E-state index < -0.39 is 6.10 Å². The zero-order valence-electron chi connectivity index (χ0n) is 17.6. The van der Waals surface area contributed by atoms with Crippen LogP contribution >= 0.6 is 11.8 Å². The number of amides is 2. The average molecular weight is 449 g/mol. The van der Waals surface area contributed by atoms with Gasteiger partial charge in [0.2, 0.25) is 5.91 Å². The Labute approximate surface area is 191 Å². The molecule has 1 atom stereocenters. The van der Waals surface area contributed by atoms with E-state index in [9.17, 15) is 9.59 Å². The summed E-state index contributed by atoms with van der Waals surface area (Å²) < 4.78 is 11.4. The number of carbonyl (C=O) groups excluding carboxylic acids is 2. The lowest BCUT2D eigenvalue weighted by Gasteiger charge is -2.37. The molecular formula is C25H24N2O4S. The van der Waals surface area contributed by atoms with Crippen molar-refractivity contribution in [2.45, 2.75) is 11.0 Å². The van der Waals surface area contributed by atoms with Crippen LogP contribution in [0.25, 0.3) is 10.8 Å². The number of ether oxygens (including phenoxy) is 2. The highest BCUT2D eigenvalue weighted by Crippen LogP contribution is 2.34. The third-order valence-electron chi connectivity index (χ3n) is 5.76. The molecule has 2 heterocycles. The number of fused-ring (bicyclic) bond motifs is 2. The Bertz CT molecular complexity index is 1150. The van der Waals surface area contributed by atoms with Gasteiger partial charge in [0.15, 0.2) is 6.10 Å². The Morgan fingerprint density at radius 1 is 0.938 bits per heavy atom. The molecule has 0 spiro atoms. The summed E-state index contributed by atoms with van der Waals surface area (Å²) in [6.07, 6.45) is -0.711. The minimum atomic E-state index is -0.711. The zero-order chi connectivity index (χ0) is 21.9. The molecule has 3 aromatic carbocycles. The molecule has 5 rings (SSSR count). The fourth-order valence-electron chi connectivity index (χ4n) is 4.07. The van der Waals surface area contributed by atoms with Crippen LogP contribution in [0.4, 0.5) is 5.69 Å². The monoisotopic (exact) mass is 448 g/mol. The second-order valence-electron chi connectivity index (χ2n) is 7.81. The Kier molecular flexibility index (Phi) is 6.01. The molecule has 1 fully saturated rings. The fourth-order valence-corrected chi connectivity index (χ4v) is 4.89. The number of nitrogens with zero attached hydrogens (tertiary/aromatic N) is 2. The summed E-state index contributed by atoms with van der Waals surface area (Å²) in [5.41, 5.74) is 0.711. The van der Waals surface area contributed by atoms with Gasteiger partial charge in [-0.2, -0.15) is 0 Å². The van der Waals surface area contributed by atoms with E-state index >= 15 is 0 Å². The number of benzene rings is 3. The Morgan fingerprint density at radius 2 is 1.69 bits per heavy atom. The molecule has 0 unspecified atom stereocenters. The van der Waals surface area contributed by atoms with E-state index in [2.05, 4.69) is 24.3 Å². The van der Waals surface area contributed by atoms with E-state index in [1.807, 2.05) is 42.5 Å². The van der Waals surface area contributed by atoms with Crippen molar-refractivity contribution in [3.05, 3.63) is 66.7 Å². The number of hydrogen-bond acceptors (Lipinski definition) is 5. The number of rotatable bonds is 4. The molecule has 2 aliphatic heterocycles. The van der Waals surface area contributed by atoms with Crippen LogP contribution < -0.4 is 9.64 Å². The highest BCUT2D eigenvalue weighted by Gasteiger charge is 2.36. The second-order valence-corrected chi connectivity index (χ2v) is 8.86. The highest BCUT2D eigenvalue weighted by molar-refractivity contribution is 8.00. The van der Waals surface area contributed by atoms with Crippen LogP contribution in [0.3, 0.4) is 0 Å². The summed E-state index contributed by atoms with van der Waals surface area (Å²) >= 11 is 1.51. The molecule has 0 radical (unpaired) electrons. The van der Waals surface area contributed by atoms with Crippen molar-refractivity contribution in [3.8, 4) is 5.75 Å². The van der Waals surface area contributed by atoms with Crippen LogP contribution in [0.15, 0.2) is 71.6 Å². The van der Waals surface area contributed by atoms with E-state index in [1.165, 1.54) is 17.1 Å². The summed E-state index contributed by atoms with van der Waals surface area (Å²) in [6, 6.07) is 21.8. The van der Waals surface area contributed by atoms with Gasteiger partial charge in [-0.25, -0.2) is 0 Å². The van der Waals surface area contributed by atoms with Crippen molar-refractivity contribution in [3.63, 3.8) is 0 Å².